The van der Waals surface area contributed by atoms with Crippen LogP contribution in [0.4, 0.5) is 0 Å². The predicted molar refractivity (Wildman–Crippen MR) is 88.2 cm³/mol. The van der Waals surface area contributed by atoms with E-state index in [0.29, 0.717) is 0 Å². The Morgan fingerprint density at radius 1 is 0.632 bits per heavy atom. The van der Waals surface area contributed by atoms with Gasteiger partial charge in [-0.3, -0.25) is 0 Å². The van der Waals surface area contributed by atoms with Gasteiger partial charge in [-0.2, -0.15) is 0 Å². The smallest absolute Gasteiger partial charge is 0.00887 e. The summed E-state index contributed by atoms with van der Waals surface area (Å²) in [7, 11) is 0. The summed E-state index contributed by atoms with van der Waals surface area (Å²) in [6.07, 6.45) is 14.5. The van der Waals surface area contributed by atoms with Crippen LogP contribution in [0.5, 0.6) is 0 Å². The quantitative estimate of drug-likeness (QED) is 0.291. The SMILES string of the molecule is CCCC#CCCCC(CC)CCC(CC)CCC. The van der Waals surface area contributed by atoms with Crippen molar-refractivity contribution in [1.82, 2.24) is 0 Å². The molecule has 0 aromatic rings. The summed E-state index contributed by atoms with van der Waals surface area (Å²) in [5.74, 6) is 8.48. The van der Waals surface area contributed by atoms with Crippen LogP contribution in [0.15, 0.2) is 0 Å². The molecule has 0 rings (SSSR count). The molecule has 0 saturated carbocycles. The number of unbranched alkanes of at least 4 members (excludes halogenated alkanes) is 2. The van der Waals surface area contributed by atoms with E-state index in [9.17, 15) is 0 Å². The van der Waals surface area contributed by atoms with Crippen LogP contribution >= 0.6 is 0 Å². The van der Waals surface area contributed by atoms with Crippen LogP contribution in [-0.2, 0) is 0 Å². The molecular formula is C19H36. The van der Waals surface area contributed by atoms with E-state index in [1.165, 1.54) is 57.8 Å². The lowest BCUT2D eigenvalue weighted by molar-refractivity contribution is 0.343. The number of hydrogen-bond acceptors (Lipinski definition) is 0. The van der Waals surface area contributed by atoms with Crippen molar-refractivity contribution in [3.63, 3.8) is 0 Å². The Kier molecular flexibility index (Phi) is 13.7. The van der Waals surface area contributed by atoms with E-state index in [2.05, 4.69) is 39.5 Å². The molecule has 0 heterocycles. The van der Waals surface area contributed by atoms with Crippen LogP contribution in [0.2, 0.25) is 0 Å². The predicted octanol–water partition coefficient (Wildman–Crippen LogP) is 6.59. The third-order valence-electron chi connectivity index (χ3n) is 4.25. The maximum atomic E-state index is 3.31. The molecule has 0 amide bonds. The van der Waals surface area contributed by atoms with Crippen molar-refractivity contribution >= 4 is 0 Å². The highest BCUT2D eigenvalue weighted by Gasteiger charge is 2.10. The minimum atomic E-state index is 0.943. The molecule has 0 aliphatic carbocycles. The monoisotopic (exact) mass is 264 g/mol. The normalized spacial score (nSPS) is 13.7. The van der Waals surface area contributed by atoms with Crippen molar-refractivity contribution in [1.29, 1.82) is 0 Å². The minimum absolute atomic E-state index is 0.943. The fourth-order valence-electron chi connectivity index (χ4n) is 2.77. The average Bonchev–Trinajstić information content (AvgIpc) is 2.44. The molecule has 0 aromatic carbocycles. The van der Waals surface area contributed by atoms with Crippen LogP contribution in [0.1, 0.15) is 98.3 Å². The van der Waals surface area contributed by atoms with Crippen LogP contribution < -0.4 is 0 Å². The van der Waals surface area contributed by atoms with Gasteiger partial charge in [0.15, 0.2) is 0 Å². The van der Waals surface area contributed by atoms with E-state index in [1.54, 1.807) is 0 Å². The maximum absolute atomic E-state index is 3.31. The third kappa shape index (κ3) is 11.1. The summed E-state index contributed by atoms with van der Waals surface area (Å²) < 4.78 is 0. The van der Waals surface area contributed by atoms with E-state index in [1.807, 2.05) is 0 Å². The Morgan fingerprint density at radius 2 is 1.21 bits per heavy atom. The average molecular weight is 264 g/mol. The third-order valence-corrected chi connectivity index (χ3v) is 4.25. The maximum Gasteiger partial charge on any atom is 0.00887 e. The molecule has 0 fully saturated rings. The lowest BCUT2D eigenvalue weighted by atomic mass is 9.87. The number of rotatable bonds is 11. The second-order valence-corrected chi connectivity index (χ2v) is 5.91. The van der Waals surface area contributed by atoms with E-state index in [0.717, 1.165) is 24.7 Å². The van der Waals surface area contributed by atoms with Crippen molar-refractivity contribution < 1.29 is 0 Å². The second-order valence-electron chi connectivity index (χ2n) is 5.91. The van der Waals surface area contributed by atoms with Gasteiger partial charge < -0.3 is 0 Å². The zero-order valence-corrected chi connectivity index (χ0v) is 13.9. The Hall–Kier alpha value is -0.440. The summed E-state index contributed by atoms with van der Waals surface area (Å²) in [6.45, 7) is 9.22. The molecule has 0 N–H and O–H groups in total. The molecule has 0 nitrogen and oxygen atoms in total. The van der Waals surface area contributed by atoms with Gasteiger partial charge in [-0.1, -0.05) is 66.2 Å². The molecule has 112 valence electrons. The highest BCUT2D eigenvalue weighted by Crippen LogP contribution is 2.24. The topological polar surface area (TPSA) is 0 Å². The highest BCUT2D eigenvalue weighted by molar-refractivity contribution is 4.98. The van der Waals surface area contributed by atoms with Crippen molar-refractivity contribution in [2.75, 3.05) is 0 Å². The van der Waals surface area contributed by atoms with Crippen LogP contribution in [0, 0.1) is 23.7 Å². The first-order chi connectivity index (χ1) is 9.28. The van der Waals surface area contributed by atoms with Gasteiger partial charge in [-0.25, -0.2) is 0 Å². The van der Waals surface area contributed by atoms with Crippen molar-refractivity contribution in [3.8, 4) is 11.8 Å². The molecule has 0 aromatic heterocycles. The molecule has 0 spiro atoms. The highest BCUT2D eigenvalue weighted by atomic mass is 14.2. The van der Waals surface area contributed by atoms with Crippen molar-refractivity contribution in [2.45, 2.75) is 98.3 Å². The first-order valence-electron chi connectivity index (χ1n) is 8.74. The largest absolute Gasteiger partial charge is 0.103 e. The van der Waals surface area contributed by atoms with E-state index in [4.69, 9.17) is 0 Å². The second kappa shape index (κ2) is 14.0. The van der Waals surface area contributed by atoms with Gasteiger partial charge in [0.25, 0.3) is 0 Å². The molecule has 0 heteroatoms. The molecule has 19 heavy (non-hydrogen) atoms. The summed E-state index contributed by atoms with van der Waals surface area (Å²) >= 11 is 0. The van der Waals surface area contributed by atoms with Gasteiger partial charge in [0.2, 0.25) is 0 Å². The van der Waals surface area contributed by atoms with Crippen LogP contribution in [0.25, 0.3) is 0 Å². The van der Waals surface area contributed by atoms with Gasteiger partial charge in [-0.15, -0.1) is 11.8 Å². The molecule has 2 unspecified atom stereocenters. The first-order valence-corrected chi connectivity index (χ1v) is 8.74. The Balaban J connectivity index is 3.73. The Labute approximate surface area is 122 Å². The lowest BCUT2D eigenvalue weighted by Crippen LogP contribution is -2.05. The summed E-state index contributed by atoms with van der Waals surface area (Å²) in [5, 5.41) is 0. The van der Waals surface area contributed by atoms with Crippen molar-refractivity contribution in [3.05, 3.63) is 0 Å². The molecule has 0 aliphatic rings. The van der Waals surface area contributed by atoms with E-state index < -0.39 is 0 Å². The molecule has 0 saturated heterocycles. The van der Waals surface area contributed by atoms with Crippen molar-refractivity contribution in [2.24, 2.45) is 11.8 Å². The molecular weight excluding hydrogens is 228 g/mol. The summed E-state index contributed by atoms with van der Waals surface area (Å²) in [4.78, 5) is 0. The molecule has 2 atom stereocenters. The van der Waals surface area contributed by atoms with Gasteiger partial charge in [-0.05, 0) is 31.1 Å². The van der Waals surface area contributed by atoms with Gasteiger partial charge >= 0.3 is 0 Å². The Morgan fingerprint density at radius 3 is 1.74 bits per heavy atom. The zero-order valence-electron chi connectivity index (χ0n) is 13.9. The summed E-state index contributed by atoms with van der Waals surface area (Å²) in [6, 6.07) is 0. The Bertz CT molecular complexity index is 230. The van der Waals surface area contributed by atoms with Crippen LogP contribution in [-0.4, -0.2) is 0 Å². The standard InChI is InChI=1S/C19H36/c1-5-9-10-11-12-13-15-19(8-4)17-16-18(7-3)14-6-2/h18-19H,5-9,12-17H2,1-4H3. The van der Waals surface area contributed by atoms with Crippen LogP contribution in [0.3, 0.4) is 0 Å². The molecule has 0 bridgehead atoms. The minimum Gasteiger partial charge on any atom is -0.103 e. The molecule has 0 radical (unpaired) electrons. The van der Waals surface area contributed by atoms with E-state index in [-0.39, 0.29) is 0 Å². The fraction of sp³-hybridized carbons (Fsp3) is 0.895. The lowest BCUT2D eigenvalue weighted by Gasteiger charge is -2.19. The number of hydrogen-bond donors (Lipinski definition) is 0. The van der Waals surface area contributed by atoms with Gasteiger partial charge in [0.1, 0.15) is 0 Å². The van der Waals surface area contributed by atoms with Gasteiger partial charge in [0.05, 0.1) is 0 Å². The first kappa shape index (κ1) is 18.6. The van der Waals surface area contributed by atoms with Gasteiger partial charge in [0, 0.05) is 12.8 Å². The summed E-state index contributed by atoms with van der Waals surface area (Å²) in [5.41, 5.74) is 0. The fourth-order valence-corrected chi connectivity index (χ4v) is 2.77. The zero-order chi connectivity index (χ0) is 14.3. The van der Waals surface area contributed by atoms with E-state index >= 15 is 0 Å². The molecule has 0 aliphatic heterocycles.